The Bertz CT molecular complexity index is 505. The van der Waals surface area contributed by atoms with Gasteiger partial charge in [0.25, 0.3) is 0 Å². The van der Waals surface area contributed by atoms with E-state index in [1.165, 1.54) is 12.3 Å². The lowest BCUT2D eigenvalue weighted by Gasteiger charge is -2.08. The van der Waals surface area contributed by atoms with E-state index in [-0.39, 0.29) is 30.0 Å². The van der Waals surface area contributed by atoms with E-state index >= 15 is 0 Å². The Labute approximate surface area is 104 Å². The van der Waals surface area contributed by atoms with Crippen LogP contribution < -0.4 is 0 Å². The van der Waals surface area contributed by atoms with Crippen LogP contribution in [-0.2, 0) is 9.47 Å². The number of carbonyl (C=O) groups is 2. The third-order valence-electron chi connectivity index (χ3n) is 2.02. The number of ether oxygens (including phenoxy) is 2. The molecule has 0 aromatic carbocycles. The fourth-order valence-corrected chi connectivity index (χ4v) is 1.32. The maximum absolute atomic E-state index is 11.7. The van der Waals surface area contributed by atoms with Gasteiger partial charge in [0.2, 0.25) is 0 Å². The summed E-state index contributed by atoms with van der Waals surface area (Å²) in [5, 5.41) is 8.93. The minimum atomic E-state index is -0.759. The van der Waals surface area contributed by atoms with E-state index in [0.717, 1.165) is 0 Å². The van der Waals surface area contributed by atoms with E-state index in [1.54, 1.807) is 13.8 Å². The number of hydrogen-bond acceptors (Lipinski definition) is 6. The summed E-state index contributed by atoms with van der Waals surface area (Å²) in [7, 11) is 0. The maximum Gasteiger partial charge on any atom is 0.357 e. The number of hydrogen-bond donors (Lipinski definition) is 0. The zero-order valence-corrected chi connectivity index (χ0v) is 10.1. The first-order chi connectivity index (χ1) is 8.65. The van der Waals surface area contributed by atoms with Gasteiger partial charge in [0, 0.05) is 6.20 Å². The summed E-state index contributed by atoms with van der Waals surface area (Å²) in [6.07, 6.45) is 1.27. The molecule has 18 heavy (non-hydrogen) atoms. The second-order valence-corrected chi connectivity index (χ2v) is 3.13. The average molecular weight is 248 g/mol. The SMILES string of the molecule is CCOC(=O)c1nccc(C#N)c1C(=O)OCC. The van der Waals surface area contributed by atoms with Crippen LogP contribution in [0.4, 0.5) is 0 Å². The molecule has 0 bridgehead atoms. The van der Waals surface area contributed by atoms with E-state index < -0.39 is 11.9 Å². The van der Waals surface area contributed by atoms with Gasteiger partial charge in [-0.15, -0.1) is 0 Å². The highest BCUT2D eigenvalue weighted by atomic mass is 16.5. The molecule has 0 amide bonds. The molecule has 1 aromatic heterocycles. The molecule has 0 radical (unpaired) electrons. The number of nitriles is 1. The first-order valence-corrected chi connectivity index (χ1v) is 5.39. The van der Waals surface area contributed by atoms with Gasteiger partial charge in [-0.2, -0.15) is 5.26 Å². The van der Waals surface area contributed by atoms with Crippen molar-refractivity contribution in [1.82, 2.24) is 4.98 Å². The minimum absolute atomic E-state index is 0.0338. The van der Waals surface area contributed by atoms with E-state index in [4.69, 9.17) is 14.7 Å². The quantitative estimate of drug-likeness (QED) is 0.746. The summed E-state index contributed by atoms with van der Waals surface area (Å²) in [6, 6.07) is 3.17. The first-order valence-electron chi connectivity index (χ1n) is 5.39. The van der Waals surface area contributed by atoms with Crippen molar-refractivity contribution in [2.75, 3.05) is 13.2 Å². The molecule has 0 saturated heterocycles. The van der Waals surface area contributed by atoms with Crippen molar-refractivity contribution >= 4 is 11.9 Å². The lowest BCUT2D eigenvalue weighted by molar-refractivity contribution is 0.0473. The molecule has 0 aliphatic heterocycles. The highest BCUT2D eigenvalue weighted by Gasteiger charge is 2.24. The highest BCUT2D eigenvalue weighted by molar-refractivity contribution is 6.03. The Balaban J connectivity index is 3.30. The Hall–Kier alpha value is -2.42. The number of pyridine rings is 1. The summed E-state index contributed by atoms with van der Waals surface area (Å²) in [4.78, 5) is 27.2. The number of aromatic nitrogens is 1. The van der Waals surface area contributed by atoms with E-state index in [0.29, 0.717) is 0 Å². The van der Waals surface area contributed by atoms with Gasteiger partial charge in [0.1, 0.15) is 11.6 Å². The largest absolute Gasteiger partial charge is 0.462 e. The van der Waals surface area contributed by atoms with Gasteiger partial charge in [-0.3, -0.25) is 0 Å². The Morgan fingerprint density at radius 3 is 2.44 bits per heavy atom. The van der Waals surface area contributed by atoms with Crippen molar-refractivity contribution in [2.24, 2.45) is 0 Å². The van der Waals surface area contributed by atoms with Crippen LogP contribution in [0.15, 0.2) is 12.3 Å². The molecule has 0 aliphatic rings. The maximum atomic E-state index is 11.7. The van der Waals surface area contributed by atoms with Gasteiger partial charge in [-0.25, -0.2) is 14.6 Å². The number of nitrogens with zero attached hydrogens (tertiary/aromatic N) is 2. The Morgan fingerprint density at radius 2 is 1.89 bits per heavy atom. The number of esters is 2. The molecule has 0 fully saturated rings. The zero-order chi connectivity index (χ0) is 13.5. The standard InChI is InChI=1S/C12H12N2O4/c1-3-17-11(15)9-8(7-13)5-6-14-10(9)12(16)18-4-2/h5-6H,3-4H2,1-2H3. The Morgan fingerprint density at radius 1 is 1.28 bits per heavy atom. The smallest absolute Gasteiger partial charge is 0.357 e. The van der Waals surface area contributed by atoms with E-state index in [2.05, 4.69) is 4.98 Å². The minimum Gasteiger partial charge on any atom is -0.462 e. The summed E-state index contributed by atoms with van der Waals surface area (Å²) in [5.41, 5.74) is -0.318. The van der Waals surface area contributed by atoms with Crippen molar-refractivity contribution in [3.05, 3.63) is 29.1 Å². The Kier molecular flexibility index (Phi) is 4.81. The van der Waals surface area contributed by atoms with Crippen LogP contribution in [0.3, 0.4) is 0 Å². The molecule has 6 heteroatoms. The van der Waals surface area contributed by atoms with Gasteiger partial charge in [-0.05, 0) is 19.9 Å². The molecular weight excluding hydrogens is 236 g/mol. The van der Waals surface area contributed by atoms with Crippen LogP contribution in [0.25, 0.3) is 0 Å². The predicted molar refractivity (Wildman–Crippen MR) is 60.9 cm³/mol. The molecule has 0 spiro atoms. The van der Waals surface area contributed by atoms with Crippen LogP contribution in [0.1, 0.15) is 40.3 Å². The average Bonchev–Trinajstić information content (AvgIpc) is 2.38. The van der Waals surface area contributed by atoms with Gasteiger partial charge in [0.05, 0.1) is 18.8 Å². The first kappa shape index (κ1) is 13.6. The molecule has 6 nitrogen and oxygen atoms in total. The van der Waals surface area contributed by atoms with Crippen molar-refractivity contribution in [1.29, 1.82) is 5.26 Å². The summed E-state index contributed by atoms with van der Waals surface area (Å²) >= 11 is 0. The molecule has 0 saturated carbocycles. The normalized spacial score (nSPS) is 9.39. The molecule has 0 unspecified atom stereocenters. The summed E-state index contributed by atoms with van der Waals surface area (Å²) < 4.78 is 9.58. The van der Waals surface area contributed by atoms with Crippen molar-refractivity contribution in [3.8, 4) is 6.07 Å². The summed E-state index contributed by atoms with van der Waals surface area (Å²) in [5.74, 6) is -1.51. The van der Waals surface area contributed by atoms with Gasteiger partial charge < -0.3 is 9.47 Å². The molecule has 0 atom stereocenters. The van der Waals surface area contributed by atoms with E-state index in [9.17, 15) is 9.59 Å². The molecule has 1 heterocycles. The number of carbonyl (C=O) groups excluding carboxylic acids is 2. The van der Waals surface area contributed by atoms with Crippen LogP contribution in [0.2, 0.25) is 0 Å². The number of rotatable bonds is 4. The fourth-order valence-electron chi connectivity index (χ4n) is 1.32. The van der Waals surface area contributed by atoms with Crippen LogP contribution >= 0.6 is 0 Å². The predicted octanol–water partition coefficient (Wildman–Crippen LogP) is 1.31. The van der Waals surface area contributed by atoms with Gasteiger partial charge in [-0.1, -0.05) is 0 Å². The zero-order valence-electron chi connectivity index (χ0n) is 10.1. The van der Waals surface area contributed by atoms with E-state index in [1.807, 2.05) is 6.07 Å². The van der Waals surface area contributed by atoms with Crippen LogP contribution in [-0.4, -0.2) is 30.1 Å². The second kappa shape index (κ2) is 6.35. The highest BCUT2D eigenvalue weighted by Crippen LogP contribution is 2.14. The molecular formula is C12H12N2O4. The molecule has 0 aliphatic carbocycles. The second-order valence-electron chi connectivity index (χ2n) is 3.13. The third-order valence-corrected chi connectivity index (χ3v) is 2.02. The van der Waals surface area contributed by atoms with Crippen LogP contribution in [0.5, 0.6) is 0 Å². The summed E-state index contributed by atoms with van der Waals surface area (Å²) in [6.45, 7) is 3.56. The molecule has 0 N–H and O–H groups in total. The van der Waals surface area contributed by atoms with Crippen molar-refractivity contribution in [2.45, 2.75) is 13.8 Å². The van der Waals surface area contributed by atoms with Crippen molar-refractivity contribution in [3.63, 3.8) is 0 Å². The van der Waals surface area contributed by atoms with Crippen LogP contribution in [0, 0.1) is 11.3 Å². The monoisotopic (exact) mass is 248 g/mol. The fraction of sp³-hybridized carbons (Fsp3) is 0.333. The lowest BCUT2D eigenvalue weighted by Crippen LogP contribution is -2.17. The van der Waals surface area contributed by atoms with Gasteiger partial charge >= 0.3 is 11.9 Å². The third kappa shape index (κ3) is 2.83. The van der Waals surface area contributed by atoms with Gasteiger partial charge in [0.15, 0.2) is 5.69 Å². The molecule has 94 valence electrons. The topological polar surface area (TPSA) is 89.3 Å². The van der Waals surface area contributed by atoms with Crippen molar-refractivity contribution < 1.29 is 19.1 Å². The lowest BCUT2D eigenvalue weighted by atomic mass is 10.1. The molecule has 1 rings (SSSR count). The molecule has 1 aromatic rings.